The molecule has 102 valence electrons. The minimum absolute atomic E-state index is 0.0374. The van der Waals surface area contributed by atoms with Gasteiger partial charge in [-0.05, 0) is 32.6 Å². The van der Waals surface area contributed by atoms with E-state index in [1.165, 1.54) is 0 Å². The zero-order valence-corrected chi connectivity index (χ0v) is 10.9. The van der Waals surface area contributed by atoms with Crippen LogP contribution < -0.4 is 5.32 Å². The molecule has 2 amide bonds. The number of nitrogens with zero attached hydrogens (tertiary/aromatic N) is 2. The van der Waals surface area contributed by atoms with Gasteiger partial charge in [-0.3, -0.25) is 9.59 Å². The molecule has 3 rings (SSSR count). The van der Waals surface area contributed by atoms with Crippen LogP contribution in [0.25, 0.3) is 0 Å². The molecule has 2 heterocycles. The van der Waals surface area contributed by atoms with Crippen LogP contribution in [0.4, 0.5) is 0 Å². The first kappa shape index (κ1) is 12.2. The number of hydrogen-bond acceptors (Lipinski definition) is 4. The van der Waals surface area contributed by atoms with Crippen LogP contribution >= 0.6 is 0 Å². The van der Waals surface area contributed by atoms with Gasteiger partial charge in [0, 0.05) is 18.7 Å². The number of carbonyl (C=O) groups excluding carboxylic acids is 2. The van der Waals surface area contributed by atoms with E-state index >= 15 is 0 Å². The summed E-state index contributed by atoms with van der Waals surface area (Å²) in [6.45, 7) is 2.36. The molecule has 1 unspecified atom stereocenters. The number of hydrogen-bond donors (Lipinski definition) is 1. The largest absolute Gasteiger partial charge is 0.352 e. The maximum Gasteiger partial charge on any atom is 0.293 e. The van der Waals surface area contributed by atoms with Crippen molar-refractivity contribution in [2.75, 3.05) is 6.54 Å². The molecule has 0 spiro atoms. The minimum atomic E-state index is -0.362. The van der Waals surface area contributed by atoms with Gasteiger partial charge in [0.05, 0.1) is 5.69 Å². The summed E-state index contributed by atoms with van der Waals surface area (Å²) in [6, 6.07) is 1.56. The lowest BCUT2D eigenvalue weighted by Crippen LogP contribution is -2.46. The quantitative estimate of drug-likeness (QED) is 0.877. The summed E-state index contributed by atoms with van der Waals surface area (Å²) in [5.41, 5.74) is 0.668. The summed E-state index contributed by atoms with van der Waals surface area (Å²) in [5, 5.41) is 6.67. The lowest BCUT2D eigenvalue weighted by molar-refractivity contribution is -0.125. The van der Waals surface area contributed by atoms with E-state index in [0.29, 0.717) is 18.3 Å². The Labute approximate surface area is 111 Å². The molecule has 1 aliphatic heterocycles. The molecule has 1 saturated carbocycles. The van der Waals surface area contributed by atoms with Gasteiger partial charge >= 0.3 is 0 Å². The van der Waals surface area contributed by atoms with Crippen LogP contribution in [0.15, 0.2) is 10.6 Å². The molecule has 0 aromatic carbocycles. The van der Waals surface area contributed by atoms with Gasteiger partial charge < -0.3 is 14.7 Å². The predicted octanol–water partition coefficient (Wildman–Crippen LogP) is 0.866. The van der Waals surface area contributed by atoms with E-state index in [1.807, 2.05) is 0 Å². The average Bonchev–Trinajstić information content (AvgIpc) is 2.92. The highest BCUT2D eigenvalue weighted by Crippen LogP contribution is 2.23. The fourth-order valence-corrected chi connectivity index (χ4v) is 2.41. The van der Waals surface area contributed by atoms with Crippen molar-refractivity contribution in [2.45, 2.75) is 44.7 Å². The van der Waals surface area contributed by atoms with Crippen LogP contribution in [0.5, 0.6) is 0 Å². The summed E-state index contributed by atoms with van der Waals surface area (Å²) >= 11 is 0. The van der Waals surface area contributed by atoms with Gasteiger partial charge in [-0.2, -0.15) is 0 Å². The molecule has 6 nitrogen and oxygen atoms in total. The molecule has 1 N–H and O–H groups in total. The van der Waals surface area contributed by atoms with Gasteiger partial charge in [-0.25, -0.2) is 0 Å². The molecule has 2 aliphatic rings. The normalized spacial score (nSPS) is 22.6. The smallest absolute Gasteiger partial charge is 0.293 e. The van der Waals surface area contributed by atoms with Crippen LogP contribution in [0.1, 0.15) is 41.9 Å². The molecule has 0 radical (unpaired) electrons. The van der Waals surface area contributed by atoms with Crippen LogP contribution in [-0.4, -0.2) is 40.5 Å². The van der Waals surface area contributed by atoms with Gasteiger partial charge in [-0.15, -0.1) is 0 Å². The second kappa shape index (κ2) is 4.68. The van der Waals surface area contributed by atoms with Crippen molar-refractivity contribution in [3.8, 4) is 0 Å². The van der Waals surface area contributed by atoms with E-state index in [0.717, 1.165) is 25.7 Å². The first-order valence-corrected chi connectivity index (χ1v) is 6.70. The third-order valence-corrected chi connectivity index (χ3v) is 3.58. The molecule has 1 atom stereocenters. The van der Waals surface area contributed by atoms with Crippen molar-refractivity contribution in [1.82, 2.24) is 15.4 Å². The summed E-state index contributed by atoms with van der Waals surface area (Å²) in [6.07, 6.45) is 3.67. The topological polar surface area (TPSA) is 75.4 Å². The number of aromatic nitrogens is 1. The van der Waals surface area contributed by atoms with E-state index in [1.54, 1.807) is 17.9 Å². The molecule has 6 heteroatoms. The van der Waals surface area contributed by atoms with Crippen molar-refractivity contribution in [1.29, 1.82) is 0 Å². The van der Waals surface area contributed by atoms with E-state index in [4.69, 9.17) is 4.52 Å². The molecule has 1 aromatic rings. The van der Waals surface area contributed by atoms with Crippen molar-refractivity contribution < 1.29 is 14.1 Å². The zero-order chi connectivity index (χ0) is 13.4. The molecule has 1 aliphatic carbocycles. The summed E-state index contributed by atoms with van der Waals surface area (Å²) < 4.78 is 4.99. The maximum absolute atomic E-state index is 12.3. The fraction of sp³-hybridized carbons (Fsp3) is 0.615. The second-order valence-electron chi connectivity index (χ2n) is 5.27. The monoisotopic (exact) mass is 263 g/mol. The van der Waals surface area contributed by atoms with E-state index < -0.39 is 0 Å². The van der Waals surface area contributed by atoms with E-state index in [-0.39, 0.29) is 23.6 Å². The Morgan fingerprint density at radius 1 is 1.42 bits per heavy atom. The average molecular weight is 263 g/mol. The van der Waals surface area contributed by atoms with Gasteiger partial charge in [-0.1, -0.05) is 5.16 Å². The minimum Gasteiger partial charge on any atom is -0.352 e. The number of amides is 2. The lowest BCUT2D eigenvalue weighted by Gasteiger charge is -2.22. The SMILES string of the molecule is Cc1cc(C(=O)N2CCCC2C(=O)NC2CC2)on1. The first-order valence-electron chi connectivity index (χ1n) is 6.70. The lowest BCUT2D eigenvalue weighted by atomic mass is 10.2. The van der Waals surface area contributed by atoms with E-state index in [9.17, 15) is 9.59 Å². The highest BCUT2D eigenvalue weighted by atomic mass is 16.5. The van der Waals surface area contributed by atoms with Gasteiger partial charge in [0.1, 0.15) is 6.04 Å². The molecule has 19 heavy (non-hydrogen) atoms. The summed E-state index contributed by atoms with van der Waals surface area (Å²) in [4.78, 5) is 26.0. The Morgan fingerprint density at radius 2 is 2.21 bits per heavy atom. The van der Waals surface area contributed by atoms with Gasteiger partial charge in [0.2, 0.25) is 11.7 Å². The Kier molecular flexibility index (Phi) is 3.00. The number of carbonyl (C=O) groups is 2. The highest BCUT2D eigenvalue weighted by Gasteiger charge is 2.37. The van der Waals surface area contributed by atoms with Crippen LogP contribution in [-0.2, 0) is 4.79 Å². The fourth-order valence-electron chi connectivity index (χ4n) is 2.41. The Hall–Kier alpha value is -1.85. The Balaban J connectivity index is 1.71. The van der Waals surface area contributed by atoms with Crippen LogP contribution in [0.3, 0.4) is 0 Å². The predicted molar refractivity (Wildman–Crippen MR) is 66.5 cm³/mol. The second-order valence-corrected chi connectivity index (χ2v) is 5.27. The third-order valence-electron chi connectivity index (χ3n) is 3.58. The number of likely N-dealkylation sites (tertiary alicyclic amines) is 1. The maximum atomic E-state index is 12.3. The van der Waals surface area contributed by atoms with E-state index in [2.05, 4.69) is 10.5 Å². The Bertz CT molecular complexity index is 507. The number of rotatable bonds is 3. The standard InChI is InChI=1S/C13H17N3O3/c1-8-7-11(19-15-8)13(18)16-6-2-3-10(16)12(17)14-9-4-5-9/h7,9-10H,2-6H2,1H3,(H,14,17). The van der Waals surface area contributed by atoms with Crippen molar-refractivity contribution in [3.05, 3.63) is 17.5 Å². The Morgan fingerprint density at radius 3 is 2.84 bits per heavy atom. The molecular formula is C13H17N3O3. The van der Waals surface area contributed by atoms with Crippen LogP contribution in [0.2, 0.25) is 0 Å². The highest BCUT2D eigenvalue weighted by molar-refractivity contribution is 5.96. The third kappa shape index (κ3) is 2.47. The molecular weight excluding hydrogens is 246 g/mol. The first-order chi connectivity index (χ1) is 9.15. The summed E-state index contributed by atoms with van der Waals surface area (Å²) in [5.74, 6) is -0.0674. The molecule has 2 fully saturated rings. The van der Waals surface area contributed by atoms with Crippen molar-refractivity contribution >= 4 is 11.8 Å². The zero-order valence-electron chi connectivity index (χ0n) is 10.9. The molecule has 1 aromatic heterocycles. The molecule has 1 saturated heterocycles. The number of nitrogens with one attached hydrogen (secondary N) is 1. The van der Waals surface area contributed by atoms with Crippen molar-refractivity contribution in [2.24, 2.45) is 0 Å². The van der Waals surface area contributed by atoms with Crippen molar-refractivity contribution in [3.63, 3.8) is 0 Å². The van der Waals surface area contributed by atoms with Gasteiger partial charge in [0.25, 0.3) is 5.91 Å². The van der Waals surface area contributed by atoms with Crippen LogP contribution in [0, 0.1) is 6.92 Å². The van der Waals surface area contributed by atoms with Gasteiger partial charge in [0.15, 0.2) is 0 Å². The molecule has 0 bridgehead atoms. The summed E-state index contributed by atoms with van der Waals surface area (Å²) in [7, 11) is 0. The number of aryl methyl sites for hydroxylation is 1.